The summed E-state index contributed by atoms with van der Waals surface area (Å²) in [5, 5.41) is 0.620. The van der Waals surface area contributed by atoms with E-state index in [-0.39, 0.29) is 11.5 Å². The minimum absolute atomic E-state index is 0.107. The van der Waals surface area contributed by atoms with Gasteiger partial charge in [-0.2, -0.15) is 0 Å². The van der Waals surface area contributed by atoms with Gasteiger partial charge in [0.05, 0.1) is 12.6 Å². The van der Waals surface area contributed by atoms with E-state index in [2.05, 4.69) is 50.0 Å². The highest BCUT2D eigenvalue weighted by Gasteiger charge is 2.12. The average Bonchev–Trinajstić information content (AvgIpc) is 2.36. The molecule has 0 spiro atoms. The molecule has 0 saturated carbocycles. The van der Waals surface area contributed by atoms with E-state index in [4.69, 9.17) is 10.5 Å². The maximum atomic E-state index is 5.91. The summed E-state index contributed by atoms with van der Waals surface area (Å²) in [6, 6.07) is 8.82. The van der Waals surface area contributed by atoms with Crippen molar-refractivity contribution in [3.63, 3.8) is 0 Å². The van der Waals surface area contributed by atoms with E-state index >= 15 is 0 Å². The molecule has 1 rings (SSSR count). The number of ether oxygens (including phenoxy) is 1. The van der Waals surface area contributed by atoms with Gasteiger partial charge in [-0.1, -0.05) is 56.8 Å². The largest absolute Gasteiger partial charge is 0.382 e. The lowest BCUT2D eigenvalue weighted by atomic mass is 9.87. The van der Waals surface area contributed by atoms with Crippen LogP contribution in [0.2, 0.25) is 0 Å². The number of benzene rings is 1. The molecule has 0 aliphatic carbocycles. The van der Waals surface area contributed by atoms with Crippen LogP contribution in [0.15, 0.2) is 29.3 Å². The maximum absolute atomic E-state index is 5.91. The predicted octanol–water partition coefficient (Wildman–Crippen LogP) is 3.57. The molecule has 0 aromatic heterocycles. The van der Waals surface area contributed by atoms with Crippen molar-refractivity contribution in [1.82, 2.24) is 0 Å². The fraction of sp³-hybridized carbons (Fsp3) is 0.562. The van der Waals surface area contributed by atoms with Crippen LogP contribution in [0.3, 0.4) is 0 Å². The van der Waals surface area contributed by atoms with E-state index < -0.39 is 0 Å². The van der Waals surface area contributed by atoms with Crippen LogP contribution in [-0.4, -0.2) is 24.9 Å². The number of amidine groups is 1. The van der Waals surface area contributed by atoms with Gasteiger partial charge in [0.15, 0.2) is 5.17 Å². The van der Waals surface area contributed by atoms with E-state index in [1.807, 2.05) is 6.92 Å². The summed E-state index contributed by atoms with van der Waals surface area (Å²) in [5.74, 6) is 0.847. The second-order valence-electron chi connectivity index (χ2n) is 6.01. The number of nitrogens with zero attached hydrogens (tertiary/aromatic N) is 1. The van der Waals surface area contributed by atoms with Gasteiger partial charge in [-0.3, -0.25) is 4.99 Å². The standard InChI is InChI=1S/C16H26N2OS/c1-12(10-19-5)18-15(17)20-11-13-6-8-14(9-7-13)16(2,3)4/h6-9,12H,10-11H2,1-5H3,(H2,17,18)/t12-/m1/s1. The smallest absolute Gasteiger partial charge is 0.154 e. The Morgan fingerprint density at radius 3 is 2.40 bits per heavy atom. The summed E-state index contributed by atoms with van der Waals surface area (Å²) in [5.41, 5.74) is 8.72. The van der Waals surface area contributed by atoms with Gasteiger partial charge in [0.1, 0.15) is 0 Å². The van der Waals surface area contributed by atoms with Gasteiger partial charge < -0.3 is 10.5 Å². The molecule has 0 aliphatic rings. The molecule has 112 valence electrons. The first-order valence-electron chi connectivity index (χ1n) is 6.87. The minimum atomic E-state index is 0.107. The van der Waals surface area contributed by atoms with E-state index in [1.165, 1.54) is 11.1 Å². The summed E-state index contributed by atoms with van der Waals surface area (Å²) in [7, 11) is 1.67. The van der Waals surface area contributed by atoms with Gasteiger partial charge in [0.25, 0.3) is 0 Å². The SMILES string of the molecule is COC[C@@H](C)N=C(N)SCc1ccc(C(C)(C)C)cc1. The van der Waals surface area contributed by atoms with Crippen molar-refractivity contribution in [3.05, 3.63) is 35.4 Å². The zero-order valence-corrected chi connectivity index (χ0v) is 14.0. The van der Waals surface area contributed by atoms with E-state index in [0.29, 0.717) is 11.8 Å². The molecule has 4 heteroatoms. The zero-order chi connectivity index (χ0) is 15.2. The summed E-state index contributed by atoms with van der Waals surface area (Å²) >= 11 is 1.57. The van der Waals surface area contributed by atoms with Crippen LogP contribution in [0.25, 0.3) is 0 Å². The van der Waals surface area contributed by atoms with Gasteiger partial charge in [0, 0.05) is 12.9 Å². The van der Waals surface area contributed by atoms with Gasteiger partial charge >= 0.3 is 0 Å². The molecule has 0 saturated heterocycles. The summed E-state index contributed by atoms with van der Waals surface area (Å²) in [4.78, 5) is 4.37. The Balaban J connectivity index is 2.54. The number of hydrogen-bond acceptors (Lipinski definition) is 3. The third kappa shape index (κ3) is 5.97. The molecule has 0 fully saturated rings. The fourth-order valence-electron chi connectivity index (χ4n) is 1.79. The first-order valence-corrected chi connectivity index (χ1v) is 7.86. The van der Waals surface area contributed by atoms with Gasteiger partial charge in [-0.05, 0) is 23.5 Å². The number of hydrogen-bond donors (Lipinski definition) is 1. The molecule has 0 amide bonds. The van der Waals surface area contributed by atoms with Crippen LogP contribution in [0.5, 0.6) is 0 Å². The van der Waals surface area contributed by atoms with Crippen LogP contribution in [0.4, 0.5) is 0 Å². The molecule has 1 aromatic rings. The molecule has 0 aliphatic heterocycles. The molecule has 0 bridgehead atoms. The molecular weight excluding hydrogens is 268 g/mol. The van der Waals surface area contributed by atoms with Crippen molar-refractivity contribution < 1.29 is 4.74 Å². The molecule has 0 unspecified atom stereocenters. The second-order valence-corrected chi connectivity index (χ2v) is 7.00. The molecule has 3 nitrogen and oxygen atoms in total. The molecule has 20 heavy (non-hydrogen) atoms. The lowest BCUT2D eigenvalue weighted by molar-refractivity contribution is 0.186. The molecule has 1 atom stereocenters. The lowest BCUT2D eigenvalue weighted by Crippen LogP contribution is -2.15. The van der Waals surface area contributed by atoms with Gasteiger partial charge in [-0.15, -0.1) is 0 Å². The normalized spacial score (nSPS) is 14.3. The Labute approximate surface area is 127 Å². The summed E-state index contributed by atoms with van der Waals surface area (Å²) in [6.07, 6.45) is 0. The Hall–Kier alpha value is -1.00. The highest BCUT2D eigenvalue weighted by molar-refractivity contribution is 8.13. The number of thioether (sulfide) groups is 1. The van der Waals surface area contributed by atoms with Crippen molar-refractivity contribution in [2.75, 3.05) is 13.7 Å². The summed E-state index contributed by atoms with van der Waals surface area (Å²) in [6.45, 7) is 9.26. The van der Waals surface area contributed by atoms with E-state index in [9.17, 15) is 0 Å². The van der Waals surface area contributed by atoms with Crippen molar-refractivity contribution >= 4 is 16.9 Å². The minimum Gasteiger partial charge on any atom is -0.382 e. The Kier molecular flexibility index (Phi) is 6.56. The maximum Gasteiger partial charge on any atom is 0.154 e. The predicted molar refractivity (Wildman–Crippen MR) is 89.4 cm³/mol. The van der Waals surface area contributed by atoms with E-state index in [0.717, 1.165) is 5.75 Å². The lowest BCUT2D eigenvalue weighted by Gasteiger charge is -2.19. The van der Waals surface area contributed by atoms with Crippen molar-refractivity contribution in [2.24, 2.45) is 10.7 Å². The number of aliphatic imine (C=N–C) groups is 1. The van der Waals surface area contributed by atoms with Gasteiger partial charge in [-0.25, -0.2) is 0 Å². The molecule has 0 heterocycles. The highest BCUT2D eigenvalue weighted by atomic mass is 32.2. The Bertz CT molecular complexity index is 435. The van der Waals surface area contributed by atoms with Gasteiger partial charge in [0.2, 0.25) is 0 Å². The zero-order valence-electron chi connectivity index (χ0n) is 13.1. The average molecular weight is 294 g/mol. The van der Waals surface area contributed by atoms with Crippen molar-refractivity contribution in [1.29, 1.82) is 0 Å². The van der Waals surface area contributed by atoms with Crippen LogP contribution in [0, 0.1) is 0 Å². The van der Waals surface area contributed by atoms with Crippen LogP contribution in [-0.2, 0) is 15.9 Å². The molecule has 0 radical (unpaired) electrons. The molecule has 1 aromatic carbocycles. The number of rotatable bonds is 5. The van der Waals surface area contributed by atoms with Crippen molar-refractivity contribution in [2.45, 2.75) is 44.9 Å². The third-order valence-corrected chi connectivity index (χ3v) is 3.84. The monoisotopic (exact) mass is 294 g/mol. The second kappa shape index (κ2) is 7.70. The first-order chi connectivity index (χ1) is 9.32. The third-order valence-electron chi connectivity index (χ3n) is 2.96. The number of methoxy groups -OCH3 is 1. The first kappa shape index (κ1) is 17.1. The summed E-state index contributed by atoms with van der Waals surface area (Å²) < 4.78 is 5.04. The highest BCUT2D eigenvalue weighted by Crippen LogP contribution is 2.23. The van der Waals surface area contributed by atoms with Crippen LogP contribution >= 0.6 is 11.8 Å². The quantitative estimate of drug-likeness (QED) is 0.667. The topological polar surface area (TPSA) is 47.6 Å². The Morgan fingerprint density at radius 2 is 1.90 bits per heavy atom. The van der Waals surface area contributed by atoms with Crippen LogP contribution in [0.1, 0.15) is 38.8 Å². The molecule has 2 N–H and O–H groups in total. The van der Waals surface area contributed by atoms with E-state index in [1.54, 1.807) is 18.9 Å². The van der Waals surface area contributed by atoms with Crippen molar-refractivity contribution in [3.8, 4) is 0 Å². The molecular formula is C16H26N2OS. The fourth-order valence-corrected chi connectivity index (χ4v) is 2.55. The Morgan fingerprint density at radius 1 is 1.30 bits per heavy atom. The van der Waals surface area contributed by atoms with Crippen LogP contribution < -0.4 is 5.73 Å². The number of nitrogens with two attached hydrogens (primary N) is 1.